The van der Waals surface area contributed by atoms with Crippen molar-refractivity contribution in [3.63, 3.8) is 0 Å². The van der Waals surface area contributed by atoms with Gasteiger partial charge in [0.05, 0.1) is 18.1 Å². The van der Waals surface area contributed by atoms with Gasteiger partial charge in [-0.2, -0.15) is 0 Å². The minimum absolute atomic E-state index is 0.496. The molecule has 106 valence electrons. The van der Waals surface area contributed by atoms with E-state index >= 15 is 0 Å². The number of rotatable bonds is 6. The number of methoxy groups -OCH3 is 1. The van der Waals surface area contributed by atoms with Gasteiger partial charge in [-0.15, -0.1) is 0 Å². The Balaban J connectivity index is 1.80. The van der Waals surface area contributed by atoms with Gasteiger partial charge in [-0.3, -0.25) is 0 Å². The predicted molar refractivity (Wildman–Crippen MR) is 82.5 cm³/mol. The first-order chi connectivity index (χ1) is 9.69. The fraction of sp³-hybridized carbons (Fsp3) is 0.286. The number of nitrogens with zero attached hydrogens (tertiary/aromatic N) is 2. The molecular formula is C14H17BrN4O. The molecule has 0 atom stereocenters. The smallest absolute Gasteiger partial charge is 0.144 e. The number of hydrogen-bond donors (Lipinski definition) is 2. The lowest BCUT2D eigenvalue weighted by molar-refractivity contribution is 0.412. The second-order valence-electron chi connectivity index (χ2n) is 4.29. The van der Waals surface area contributed by atoms with E-state index in [1.54, 1.807) is 19.4 Å². The van der Waals surface area contributed by atoms with Crippen LogP contribution in [0.25, 0.3) is 0 Å². The van der Waals surface area contributed by atoms with Crippen molar-refractivity contribution >= 4 is 21.7 Å². The Labute approximate surface area is 126 Å². The molecule has 1 heterocycles. The Morgan fingerprint density at radius 3 is 2.90 bits per heavy atom. The summed E-state index contributed by atoms with van der Waals surface area (Å²) in [6.07, 6.45) is 2.59. The van der Waals surface area contributed by atoms with Crippen molar-refractivity contribution in [2.24, 2.45) is 0 Å². The molecule has 5 nitrogen and oxygen atoms in total. The van der Waals surface area contributed by atoms with Gasteiger partial charge in [0.2, 0.25) is 0 Å². The summed E-state index contributed by atoms with van der Waals surface area (Å²) in [5.74, 6) is 2.05. The Morgan fingerprint density at radius 2 is 2.20 bits per heavy atom. The molecule has 20 heavy (non-hydrogen) atoms. The van der Waals surface area contributed by atoms with Crippen molar-refractivity contribution in [1.29, 1.82) is 0 Å². The lowest BCUT2D eigenvalue weighted by atomic mass is 10.1. The van der Waals surface area contributed by atoms with Crippen molar-refractivity contribution in [1.82, 2.24) is 15.3 Å². The summed E-state index contributed by atoms with van der Waals surface area (Å²) in [5, 5.41) is 3.30. The maximum absolute atomic E-state index is 5.60. The van der Waals surface area contributed by atoms with Crippen LogP contribution in [0.15, 0.2) is 34.9 Å². The van der Waals surface area contributed by atoms with Gasteiger partial charge < -0.3 is 15.8 Å². The third-order valence-electron chi connectivity index (χ3n) is 2.82. The normalized spacial score (nSPS) is 10.5. The van der Waals surface area contributed by atoms with Gasteiger partial charge in [-0.1, -0.05) is 6.07 Å². The number of nitrogens with one attached hydrogen (secondary N) is 1. The maximum Gasteiger partial charge on any atom is 0.144 e. The highest BCUT2D eigenvalue weighted by Gasteiger charge is 2.02. The number of hydrogen-bond acceptors (Lipinski definition) is 5. The standard InChI is InChI=1S/C14H17BrN4O/c1-20-12-3-2-10(8-11(12)15)4-6-17-9-14-18-7-5-13(16)19-14/h2-3,5,7-8,17H,4,6,9H2,1H3,(H2,16,18,19). The summed E-state index contributed by atoms with van der Waals surface area (Å²) in [7, 11) is 1.66. The number of nitrogens with two attached hydrogens (primary N) is 1. The van der Waals surface area contributed by atoms with Crippen LogP contribution in [0.3, 0.4) is 0 Å². The third kappa shape index (κ3) is 4.18. The van der Waals surface area contributed by atoms with Gasteiger partial charge in [-0.05, 0) is 52.7 Å². The van der Waals surface area contributed by atoms with Crippen molar-refractivity contribution in [3.8, 4) is 5.75 Å². The Hall–Kier alpha value is -1.66. The quantitative estimate of drug-likeness (QED) is 0.791. The second kappa shape index (κ2) is 7.21. The van der Waals surface area contributed by atoms with Crippen LogP contribution in [-0.4, -0.2) is 23.6 Å². The highest BCUT2D eigenvalue weighted by atomic mass is 79.9. The van der Waals surface area contributed by atoms with Gasteiger partial charge >= 0.3 is 0 Å². The largest absolute Gasteiger partial charge is 0.496 e. The fourth-order valence-corrected chi connectivity index (χ4v) is 2.39. The first kappa shape index (κ1) is 14.7. The minimum Gasteiger partial charge on any atom is -0.496 e. The summed E-state index contributed by atoms with van der Waals surface area (Å²) in [5.41, 5.74) is 6.84. The molecule has 3 N–H and O–H groups in total. The molecule has 0 saturated carbocycles. The molecule has 0 unspecified atom stereocenters. The number of halogens is 1. The fourth-order valence-electron chi connectivity index (χ4n) is 1.80. The zero-order valence-corrected chi connectivity index (χ0v) is 12.9. The molecule has 2 rings (SSSR count). The zero-order valence-electron chi connectivity index (χ0n) is 11.3. The van der Waals surface area contributed by atoms with Crippen LogP contribution in [0.5, 0.6) is 5.75 Å². The summed E-state index contributed by atoms with van der Waals surface area (Å²) in [6.45, 7) is 1.46. The second-order valence-corrected chi connectivity index (χ2v) is 5.15. The number of anilines is 1. The van der Waals surface area contributed by atoms with E-state index in [9.17, 15) is 0 Å². The van der Waals surface area contributed by atoms with Gasteiger partial charge in [0, 0.05) is 6.20 Å². The van der Waals surface area contributed by atoms with Crippen LogP contribution in [0.1, 0.15) is 11.4 Å². The number of benzene rings is 1. The van der Waals surface area contributed by atoms with Gasteiger partial charge in [0.25, 0.3) is 0 Å². The molecule has 0 aliphatic rings. The van der Waals surface area contributed by atoms with Crippen LogP contribution >= 0.6 is 15.9 Å². The molecular weight excluding hydrogens is 320 g/mol. The molecule has 0 fully saturated rings. The molecule has 0 amide bonds. The van der Waals surface area contributed by atoms with E-state index in [1.807, 2.05) is 6.07 Å². The van der Waals surface area contributed by atoms with Crippen molar-refractivity contribution in [3.05, 3.63) is 46.3 Å². The molecule has 0 aliphatic carbocycles. The van der Waals surface area contributed by atoms with Crippen LogP contribution in [0.4, 0.5) is 5.82 Å². The van der Waals surface area contributed by atoms with Gasteiger partial charge in [-0.25, -0.2) is 9.97 Å². The molecule has 1 aromatic carbocycles. The van der Waals surface area contributed by atoms with Crippen molar-refractivity contribution in [2.75, 3.05) is 19.4 Å². The SMILES string of the molecule is COc1ccc(CCNCc2nccc(N)n2)cc1Br. The minimum atomic E-state index is 0.496. The predicted octanol–water partition coefficient (Wildman–Crippen LogP) is 2.16. The Bertz CT molecular complexity index is 577. The number of nitrogen functional groups attached to an aromatic ring is 1. The average Bonchev–Trinajstić information content (AvgIpc) is 2.44. The summed E-state index contributed by atoms with van der Waals surface area (Å²) < 4.78 is 6.17. The summed E-state index contributed by atoms with van der Waals surface area (Å²) in [6, 6.07) is 7.76. The Kier molecular flexibility index (Phi) is 5.31. The molecule has 0 aliphatic heterocycles. The summed E-state index contributed by atoms with van der Waals surface area (Å²) in [4.78, 5) is 8.28. The van der Waals surface area contributed by atoms with Crippen molar-refractivity contribution in [2.45, 2.75) is 13.0 Å². The highest BCUT2D eigenvalue weighted by molar-refractivity contribution is 9.10. The van der Waals surface area contributed by atoms with E-state index in [1.165, 1.54) is 5.56 Å². The molecule has 6 heteroatoms. The first-order valence-electron chi connectivity index (χ1n) is 6.29. The molecule has 2 aromatic rings. The number of aromatic nitrogens is 2. The van der Waals surface area contributed by atoms with Crippen LogP contribution in [0, 0.1) is 0 Å². The lowest BCUT2D eigenvalue weighted by Crippen LogP contribution is -2.18. The van der Waals surface area contributed by atoms with E-state index in [-0.39, 0.29) is 0 Å². The monoisotopic (exact) mass is 336 g/mol. The van der Waals surface area contributed by atoms with Crippen molar-refractivity contribution < 1.29 is 4.74 Å². The van der Waals surface area contributed by atoms with E-state index in [4.69, 9.17) is 10.5 Å². The van der Waals surface area contributed by atoms with E-state index in [0.717, 1.165) is 23.2 Å². The maximum atomic E-state index is 5.60. The van der Waals surface area contributed by atoms with Crippen LogP contribution < -0.4 is 15.8 Å². The topological polar surface area (TPSA) is 73.1 Å². The highest BCUT2D eigenvalue weighted by Crippen LogP contribution is 2.25. The Morgan fingerprint density at radius 1 is 1.35 bits per heavy atom. The van der Waals surface area contributed by atoms with Crippen LogP contribution in [-0.2, 0) is 13.0 Å². The molecule has 0 spiro atoms. The van der Waals surface area contributed by atoms with E-state index < -0.39 is 0 Å². The molecule has 0 bridgehead atoms. The third-order valence-corrected chi connectivity index (χ3v) is 3.44. The first-order valence-corrected chi connectivity index (χ1v) is 7.09. The molecule has 1 aromatic heterocycles. The number of ether oxygens (including phenoxy) is 1. The lowest BCUT2D eigenvalue weighted by Gasteiger charge is -2.07. The average molecular weight is 337 g/mol. The van der Waals surface area contributed by atoms with Gasteiger partial charge in [0.1, 0.15) is 17.4 Å². The van der Waals surface area contributed by atoms with Gasteiger partial charge in [0.15, 0.2) is 0 Å². The van der Waals surface area contributed by atoms with Crippen LogP contribution in [0.2, 0.25) is 0 Å². The summed E-state index contributed by atoms with van der Waals surface area (Å²) >= 11 is 3.48. The van der Waals surface area contributed by atoms with E-state index in [2.05, 4.69) is 43.3 Å². The van der Waals surface area contributed by atoms with E-state index in [0.29, 0.717) is 18.2 Å². The molecule has 0 saturated heterocycles. The molecule has 0 radical (unpaired) electrons. The zero-order chi connectivity index (χ0) is 14.4.